The molecule has 1 aromatic carbocycles. The molecule has 7 heteroatoms. The lowest BCUT2D eigenvalue weighted by Crippen LogP contribution is -2.23. The quantitative estimate of drug-likeness (QED) is 0.380. The number of benzene rings is 1. The summed E-state index contributed by atoms with van der Waals surface area (Å²) in [7, 11) is 0. The van der Waals surface area contributed by atoms with Gasteiger partial charge in [0.05, 0.1) is 6.21 Å². The molecule has 0 aliphatic heterocycles. The molecule has 0 heterocycles. The number of hydrogen-bond donors (Lipinski definition) is 3. The van der Waals surface area contributed by atoms with E-state index in [1.165, 1.54) is 0 Å². The molecular formula is C10H12N4O2S. The smallest absolute Gasteiger partial charge is 0.255 e. The third-order valence-corrected chi connectivity index (χ3v) is 1.74. The number of hydrogen-bond acceptors (Lipinski definition) is 4. The molecule has 0 saturated heterocycles. The average molecular weight is 252 g/mol. The molecule has 0 radical (unpaired) electrons. The topological polar surface area (TPSA) is 103 Å². The van der Waals surface area contributed by atoms with E-state index in [9.17, 15) is 4.79 Å². The molecule has 5 N–H and O–H groups in total. The molecule has 0 unspecified atom stereocenters. The molecule has 90 valence electrons. The Kier molecular flexibility index (Phi) is 4.89. The van der Waals surface area contributed by atoms with Gasteiger partial charge >= 0.3 is 0 Å². The lowest BCUT2D eigenvalue weighted by molar-refractivity contribution is -0.119. The zero-order chi connectivity index (χ0) is 12.7. The average Bonchev–Trinajstić information content (AvgIpc) is 2.27. The molecule has 6 nitrogen and oxygen atoms in total. The van der Waals surface area contributed by atoms with Crippen molar-refractivity contribution in [3.05, 3.63) is 29.8 Å². The number of primary amides is 1. The van der Waals surface area contributed by atoms with Gasteiger partial charge in [0.15, 0.2) is 11.7 Å². The maximum Gasteiger partial charge on any atom is 0.255 e. The fraction of sp³-hybridized carbons (Fsp3) is 0.100. The number of carbonyl (C=O) groups is 1. The van der Waals surface area contributed by atoms with Crippen LogP contribution in [-0.2, 0) is 4.79 Å². The number of thiocarbonyl (C=S) groups is 1. The van der Waals surface area contributed by atoms with E-state index in [1.807, 2.05) is 0 Å². The first-order valence-electron chi connectivity index (χ1n) is 4.67. The van der Waals surface area contributed by atoms with E-state index in [1.54, 1.807) is 30.5 Å². The molecule has 0 saturated carbocycles. The lowest BCUT2D eigenvalue weighted by atomic mass is 10.2. The summed E-state index contributed by atoms with van der Waals surface area (Å²) >= 11 is 4.58. The number of nitrogens with one attached hydrogen (secondary N) is 1. The SMILES string of the molecule is NC(=O)COc1ccc(C=NNC(N)=S)cc1. The molecule has 1 rings (SSSR count). The first kappa shape index (κ1) is 12.9. The van der Waals surface area contributed by atoms with Crippen LogP contribution in [0, 0.1) is 0 Å². The van der Waals surface area contributed by atoms with Crippen molar-refractivity contribution in [2.75, 3.05) is 6.61 Å². The maximum absolute atomic E-state index is 10.5. The van der Waals surface area contributed by atoms with Crippen molar-refractivity contribution in [3.63, 3.8) is 0 Å². The lowest BCUT2D eigenvalue weighted by Gasteiger charge is -2.03. The summed E-state index contributed by atoms with van der Waals surface area (Å²) in [6.45, 7) is -0.142. The predicted molar refractivity (Wildman–Crippen MR) is 68.6 cm³/mol. The number of nitrogens with two attached hydrogens (primary N) is 2. The third-order valence-electron chi connectivity index (χ3n) is 1.65. The van der Waals surface area contributed by atoms with Crippen LogP contribution >= 0.6 is 12.2 Å². The fourth-order valence-electron chi connectivity index (χ4n) is 0.975. The van der Waals surface area contributed by atoms with Gasteiger partial charge in [0.1, 0.15) is 5.75 Å². The van der Waals surface area contributed by atoms with Crippen LogP contribution in [0.4, 0.5) is 0 Å². The summed E-state index contributed by atoms with van der Waals surface area (Å²) in [5.74, 6) is 0.0413. The van der Waals surface area contributed by atoms with Gasteiger partial charge in [0.25, 0.3) is 5.91 Å². The molecule has 0 spiro atoms. The predicted octanol–water partition coefficient (Wildman–Crippen LogP) is -0.282. The minimum absolute atomic E-state index is 0.0997. The largest absolute Gasteiger partial charge is 0.484 e. The molecule has 0 fully saturated rings. The summed E-state index contributed by atoms with van der Waals surface area (Å²) in [5.41, 5.74) is 13.4. The van der Waals surface area contributed by atoms with Crippen molar-refractivity contribution < 1.29 is 9.53 Å². The van der Waals surface area contributed by atoms with E-state index in [4.69, 9.17) is 16.2 Å². The second kappa shape index (κ2) is 6.44. The number of hydrazone groups is 1. The van der Waals surface area contributed by atoms with E-state index < -0.39 is 5.91 Å². The zero-order valence-corrected chi connectivity index (χ0v) is 9.74. The van der Waals surface area contributed by atoms with Gasteiger partial charge in [-0.2, -0.15) is 5.10 Å². The van der Waals surface area contributed by atoms with Gasteiger partial charge in [-0.3, -0.25) is 10.2 Å². The van der Waals surface area contributed by atoms with Crippen LogP contribution in [0.2, 0.25) is 0 Å². The molecule has 17 heavy (non-hydrogen) atoms. The van der Waals surface area contributed by atoms with Gasteiger partial charge in [0, 0.05) is 0 Å². The first-order chi connectivity index (χ1) is 8.08. The van der Waals surface area contributed by atoms with Crippen LogP contribution in [0.15, 0.2) is 29.4 Å². The Morgan fingerprint density at radius 2 is 2.06 bits per heavy atom. The Morgan fingerprint density at radius 1 is 1.41 bits per heavy atom. The number of carbonyl (C=O) groups excluding carboxylic acids is 1. The molecule has 0 bridgehead atoms. The highest BCUT2D eigenvalue weighted by Crippen LogP contribution is 2.10. The van der Waals surface area contributed by atoms with Gasteiger partial charge in [-0.05, 0) is 42.0 Å². The highest BCUT2D eigenvalue weighted by atomic mass is 32.1. The van der Waals surface area contributed by atoms with Gasteiger partial charge in [-0.15, -0.1) is 0 Å². The monoisotopic (exact) mass is 252 g/mol. The Hall–Kier alpha value is -2.15. The first-order valence-corrected chi connectivity index (χ1v) is 5.08. The molecule has 1 aromatic rings. The van der Waals surface area contributed by atoms with Crippen LogP contribution < -0.4 is 21.6 Å². The van der Waals surface area contributed by atoms with E-state index in [-0.39, 0.29) is 11.7 Å². The van der Waals surface area contributed by atoms with E-state index >= 15 is 0 Å². The molecule has 0 aliphatic rings. The van der Waals surface area contributed by atoms with Crippen molar-refractivity contribution in [2.24, 2.45) is 16.6 Å². The van der Waals surface area contributed by atoms with E-state index in [0.717, 1.165) is 5.56 Å². The summed E-state index contributed by atoms with van der Waals surface area (Å²) in [5, 5.41) is 3.89. The fourth-order valence-corrected chi connectivity index (χ4v) is 1.03. The zero-order valence-electron chi connectivity index (χ0n) is 8.92. The summed E-state index contributed by atoms with van der Waals surface area (Å²) in [6.07, 6.45) is 1.55. The number of rotatable bonds is 5. The Labute approximate surface area is 104 Å². The van der Waals surface area contributed by atoms with Crippen molar-refractivity contribution in [3.8, 4) is 5.75 Å². The van der Waals surface area contributed by atoms with Gasteiger partial charge < -0.3 is 16.2 Å². The highest BCUT2D eigenvalue weighted by molar-refractivity contribution is 7.80. The van der Waals surface area contributed by atoms with Crippen LogP contribution in [0.1, 0.15) is 5.56 Å². The third kappa shape index (κ3) is 5.47. The van der Waals surface area contributed by atoms with Crippen LogP contribution in [0.25, 0.3) is 0 Å². The number of ether oxygens (including phenoxy) is 1. The van der Waals surface area contributed by atoms with E-state index in [2.05, 4.69) is 22.7 Å². The molecule has 0 aromatic heterocycles. The molecular weight excluding hydrogens is 240 g/mol. The maximum atomic E-state index is 10.5. The number of nitrogens with zero attached hydrogens (tertiary/aromatic N) is 1. The summed E-state index contributed by atoms with van der Waals surface area (Å²) in [4.78, 5) is 10.5. The summed E-state index contributed by atoms with van der Waals surface area (Å²) in [6, 6.07) is 6.93. The van der Waals surface area contributed by atoms with Crippen molar-refractivity contribution in [1.29, 1.82) is 0 Å². The van der Waals surface area contributed by atoms with Crippen LogP contribution in [-0.4, -0.2) is 23.8 Å². The molecule has 0 aliphatic carbocycles. The van der Waals surface area contributed by atoms with Crippen LogP contribution in [0.3, 0.4) is 0 Å². The Balaban J connectivity index is 2.52. The van der Waals surface area contributed by atoms with Crippen LogP contribution in [0.5, 0.6) is 5.75 Å². The van der Waals surface area contributed by atoms with Crippen molar-refractivity contribution in [1.82, 2.24) is 5.43 Å². The van der Waals surface area contributed by atoms with Gasteiger partial charge in [-0.25, -0.2) is 0 Å². The van der Waals surface area contributed by atoms with Gasteiger partial charge in [-0.1, -0.05) is 0 Å². The van der Waals surface area contributed by atoms with Gasteiger partial charge in [0.2, 0.25) is 0 Å². The standard InChI is InChI=1S/C10H12N4O2S/c11-9(15)6-16-8-3-1-7(2-4-8)5-13-14-10(12)17/h1-5H,6H2,(H2,11,15)(H3,12,14,17). The van der Waals surface area contributed by atoms with Crippen molar-refractivity contribution >= 4 is 29.5 Å². The molecule has 1 amide bonds. The van der Waals surface area contributed by atoms with E-state index in [0.29, 0.717) is 5.75 Å². The Bertz CT molecular complexity index is 430. The number of amides is 1. The summed E-state index contributed by atoms with van der Waals surface area (Å²) < 4.78 is 5.09. The van der Waals surface area contributed by atoms with Crippen molar-refractivity contribution in [2.45, 2.75) is 0 Å². The minimum atomic E-state index is -0.517. The Morgan fingerprint density at radius 3 is 2.59 bits per heavy atom. The second-order valence-electron chi connectivity index (χ2n) is 3.06. The minimum Gasteiger partial charge on any atom is -0.484 e. The normalized spacial score (nSPS) is 10.1. The highest BCUT2D eigenvalue weighted by Gasteiger charge is 1.96. The molecule has 0 atom stereocenters. The second-order valence-corrected chi connectivity index (χ2v) is 3.50.